The van der Waals surface area contributed by atoms with E-state index in [9.17, 15) is 14.4 Å². The van der Waals surface area contributed by atoms with Crippen LogP contribution in [0.2, 0.25) is 25.7 Å². The third-order valence-corrected chi connectivity index (χ3v) is 7.46. The number of hydrogen-bond donors (Lipinski definition) is 2. The average molecular weight is 459 g/mol. The Hall–Kier alpha value is -1.45. The first-order valence-electron chi connectivity index (χ1n) is 11.5. The number of imide groups is 1. The maximum Gasteiger partial charge on any atom is 0.527 e. The monoisotopic (exact) mass is 458 g/mol. The molecule has 1 fully saturated rings. The molecule has 1 rings (SSSR count). The molecule has 3 amide bonds. The Morgan fingerprint density at radius 3 is 2.10 bits per heavy atom. The van der Waals surface area contributed by atoms with Crippen molar-refractivity contribution in [3.63, 3.8) is 0 Å². The number of quaternary nitrogens is 1. The first-order valence-corrected chi connectivity index (χ1v) is 15.2. The van der Waals surface area contributed by atoms with Crippen LogP contribution < -0.4 is 11.5 Å². The number of primary amides is 1. The standard InChI is InChI=1S/C22H43N3O5Si/c1-22(2,3)30-21(28)25(16-19(24)26,20(27)29-12-13-31(4,5)6)18(15-23)14-17-10-8-7-9-11-17/h17-18H,7-16,23H2,1-6H3,(H-,24,26)/p+1/t18?,25-/m0/s1. The fourth-order valence-corrected chi connectivity index (χ4v) is 4.76. The van der Waals surface area contributed by atoms with E-state index in [1.165, 1.54) is 6.42 Å². The Bertz CT molecular complexity index is 624. The van der Waals surface area contributed by atoms with Gasteiger partial charge in [-0.2, -0.15) is 9.59 Å². The molecule has 0 spiro atoms. The molecule has 0 aromatic carbocycles. The zero-order chi connectivity index (χ0) is 23.9. The summed E-state index contributed by atoms with van der Waals surface area (Å²) >= 11 is 0. The van der Waals surface area contributed by atoms with E-state index in [1.807, 2.05) is 0 Å². The van der Waals surface area contributed by atoms with Crippen LogP contribution in [-0.2, 0) is 14.3 Å². The SMILES string of the molecule is CC(C)(C)OC(=O)[N@+](CC(N)=O)(C(=O)OCC[Si](C)(C)C)C(CN)CC1CCCCC1. The lowest BCUT2D eigenvalue weighted by Crippen LogP contribution is -2.68. The molecule has 4 N–H and O–H groups in total. The van der Waals surface area contributed by atoms with Gasteiger partial charge in [-0.1, -0.05) is 51.7 Å². The summed E-state index contributed by atoms with van der Waals surface area (Å²) in [6.07, 6.45) is 4.39. The summed E-state index contributed by atoms with van der Waals surface area (Å²) in [4.78, 5) is 39.0. The van der Waals surface area contributed by atoms with Crippen LogP contribution >= 0.6 is 0 Å². The van der Waals surface area contributed by atoms with Gasteiger partial charge in [0.25, 0.3) is 5.91 Å². The van der Waals surface area contributed by atoms with Crippen LogP contribution in [0.4, 0.5) is 9.59 Å². The Kier molecular flexibility index (Phi) is 10.2. The zero-order valence-electron chi connectivity index (χ0n) is 20.4. The molecule has 180 valence electrons. The van der Waals surface area contributed by atoms with E-state index in [1.54, 1.807) is 20.8 Å². The fraction of sp³-hybridized carbons (Fsp3) is 0.864. The Morgan fingerprint density at radius 1 is 1.06 bits per heavy atom. The lowest BCUT2D eigenvalue weighted by Gasteiger charge is -2.39. The minimum absolute atomic E-state index is 0.0478. The van der Waals surface area contributed by atoms with E-state index in [0.717, 1.165) is 31.7 Å². The van der Waals surface area contributed by atoms with Gasteiger partial charge in [-0.05, 0) is 32.7 Å². The number of ether oxygens (including phenoxy) is 2. The molecule has 0 saturated heterocycles. The van der Waals surface area contributed by atoms with Gasteiger partial charge in [-0.3, -0.25) is 4.79 Å². The third-order valence-electron chi connectivity index (χ3n) is 5.75. The highest BCUT2D eigenvalue weighted by atomic mass is 28.3. The third kappa shape index (κ3) is 8.90. The van der Waals surface area contributed by atoms with Crippen molar-refractivity contribution < 1.29 is 28.3 Å². The molecule has 8 nitrogen and oxygen atoms in total. The molecule has 2 atom stereocenters. The van der Waals surface area contributed by atoms with Crippen LogP contribution in [-0.4, -0.2) is 62.0 Å². The molecule has 1 saturated carbocycles. The van der Waals surface area contributed by atoms with Crippen molar-refractivity contribution in [3.8, 4) is 0 Å². The number of nitrogens with zero attached hydrogens (tertiary/aromatic N) is 1. The van der Waals surface area contributed by atoms with Crippen molar-refractivity contribution in [1.82, 2.24) is 0 Å². The number of rotatable bonds is 9. The number of carbonyl (C=O) groups is 3. The smallest absolute Gasteiger partial charge is 0.420 e. The Morgan fingerprint density at radius 2 is 1.65 bits per heavy atom. The van der Waals surface area contributed by atoms with E-state index in [0.29, 0.717) is 12.3 Å². The molecule has 1 aliphatic rings. The molecule has 0 bridgehead atoms. The van der Waals surface area contributed by atoms with Gasteiger partial charge in [0.2, 0.25) is 0 Å². The van der Waals surface area contributed by atoms with Gasteiger partial charge in [0.1, 0.15) is 11.6 Å². The van der Waals surface area contributed by atoms with Gasteiger partial charge in [0.05, 0.1) is 6.61 Å². The van der Waals surface area contributed by atoms with Crippen molar-refractivity contribution in [3.05, 3.63) is 0 Å². The number of carbonyl (C=O) groups excluding carboxylic acids is 3. The summed E-state index contributed by atoms with van der Waals surface area (Å²) in [6.45, 7) is 11.4. The van der Waals surface area contributed by atoms with Crippen molar-refractivity contribution in [2.75, 3.05) is 19.7 Å². The van der Waals surface area contributed by atoms with Crippen LogP contribution in [0, 0.1) is 5.92 Å². The van der Waals surface area contributed by atoms with Crippen LogP contribution in [0.25, 0.3) is 0 Å². The molecule has 0 heterocycles. The second-order valence-corrected chi connectivity index (χ2v) is 16.6. The minimum Gasteiger partial charge on any atom is -0.420 e. The molecule has 1 unspecified atom stereocenters. The van der Waals surface area contributed by atoms with Crippen molar-refractivity contribution >= 4 is 26.2 Å². The normalized spacial score (nSPS) is 18.7. The predicted molar refractivity (Wildman–Crippen MR) is 124 cm³/mol. The van der Waals surface area contributed by atoms with E-state index < -0.39 is 48.8 Å². The van der Waals surface area contributed by atoms with Crippen LogP contribution in [0.1, 0.15) is 59.3 Å². The molecular weight excluding hydrogens is 414 g/mol. The zero-order valence-corrected chi connectivity index (χ0v) is 21.4. The summed E-state index contributed by atoms with van der Waals surface area (Å²) in [7, 11) is -1.47. The van der Waals surface area contributed by atoms with Crippen LogP contribution in [0.15, 0.2) is 0 Å². The topological polar surface area (TPSA) is 122 Å². The largest absolute Gasteiger partial charge is 0.527 e. The highest BCUT2D eigenvalue weighted by molar-refractivity contribution is 6.76. The van der Waals surface area contributed by atoms with Gasteiger partial charge in [-0.25, -0.2) is 0 Å². The fourth-order valence-electron chi connectivity index (χ4n) is 4.04. The molecule has 0 radical (unpaired) electrons. The van der Waals surface area contributed by atoms with Crippen molar-refractivity contribution in [1.29, 1.82) is 0 Å². The molecule has 0 aromatic rings. The molecule has 1 aliphatic carbocycles. The highest BCUT2D eigenvalue weighted by Crippen LogP contribution is 2.32. The van der Waals surface area contributed by atoms with E-state index in [4.69, 9.17) is 20.9 Å². The molecule has 31 heavy (non-hydrogen) atoms. The first kappa shape index (κ1) is 27.6. The summed E-state index contributed by atoms with van der Waals surface area (Å²) in [6, 6.07) is 0.115. The van der Waals surface area contributed by atoms with Crippen molar-refractivity contribution in [2.24, 2.45) is 17.4 Å². The van der Waals surface area contributed by atoms with Crippen LogP contribution in [0.5, 0.6) is 0 Å². The van der Waals surface area contributed by atoms with Crippen LogP contribution in [0.3, 0.4) is 0 Å². The maximum absolute atomic E-state index is 13.5. The lowest BCUT2D eigenvalue weighted by molar-refractivity contribution is -0.805. The van der Waals surface area contributed by atoms with Gasteiger partial charge in [0.15, 0.2) is 6.54 Å². The molecular formula is C22H44N3O5Si+. The lowest BCUT2D eigenvalue weighted by atomic mass is 9.84. The van der Waals surface area contributed by atoms with E-state index in [-0.39, 0.29) is 13.2 Å². The Balaban J connectivity index is 3.32. The second-order valence-electron chi connectivity index (χ2n) is 11.0. The number of hydrogen-bond acceptors (Lipinski definition) is 6. The van der Waals surface area contributed by atoms with Gasteiger partial charge in [0, 0.05) is 21.0 Å². The number of amides is 3. The van der Waals surface area contributed by atoms with Gasteiger partial charge in [-0.15, -0.1) is 4.48 Å². The first-order chi connectivity index (χ1) is 14.2. The molecule has 0 aromatic heterocycles. The second kappa shape index (κ2) is 11.4. The average Bonchev–Trinajstić information content (AvgIpc) is 2.62. The molecule has 9 heteroatoms. The van der Waals surface area contributed by atoms with E-state index in [2.05, 4.69) is 19.6 Å². The summed E-state index contributed by atoms with van der Waals surface area (Å²) < 4.78 is 10.3. The molecule has 0 aliphatic heterocycles. The maximum atomic E-state index is 13.5. The minimum atomic E-state index is -1.47. The summed E-state index contributed by atoms with van der Waals surface area (Å²) in [5.74, 6) is -0.431. The highest BCUT2D eigenvalue weighted by Gasteiger charge is 2.56. The predicted octanol–water partition coefficient (Wildman–Crippen LogP) is 4.00. The van der Waals surface area contributed by atoms with Crippen molar-refractivity contribution in [2.45, 2.75) is 96.6 Å². The summed E-state index contributed by atoms with van der Waals surface area (Å²) in [5.41, 5.74) is 10.8. The van der Waals surface area contributed by atoms with E-state index >= 15 is 0 Å². The Labute approximate surface area is 188 Å². The van der Waals surface area contributed by atoms with Gasteiger partial charge >= 0.3 is 12.2 Å². The quantitative estimate of drug-likeness (QED) is 0.398. The number of nitrogens with two attached hydrogens (primary N) is 2. The van der Waals surface area contributed by atoms with Gasteiger partial charge < -0.3 is 20.9 Å². The summed E-state index contributed by atoms with van der Waals surface area (Å²) in [5, 5.41) is 0.